The third-order valence-electron chi connectivity index (χ3n) is 6.37. The molecule has 1 aromatic heterocycles. The van der Waals surface area contributed by atoms with Gasteiger partial charge in [0, 0.05) is 25.1 Å². The predicted octanol–water partition coefficient (Wildman–Crippen LogP) is 6.69. The topological polar surface area (TPSA) is 67.6 Å². The summed E-state index contributed by atoms with van der Waals surface area (Å²) >= 11 is 0. The van der Waals surface area contributed by atoms with Gasteiger partial charge >= 0.3 is 12.3 Å². The van der Waals surface area contributed by atoms with Gasteiger partial charge in [-0.25, -0.2) is 4.79 Å². The summed E-state index contributed by atoms with van der Waals surface area (Å²) < 4.78 is 48.3. The van der Waals surface area contributed by atoms with Crippen LogP contribution in [-0.4, -0.2) is 51.2 Å². The maximum Gasteiger partial charge on any atom is 0.417 e. The summed E-state index contributed by atoms with van der Waals surface area (Å²) in [4.78, 5) is 14.1. The van der Waals surface area contributed by atoms with Crippen LogP contribution >= 0.6 is 0 Å². The van der Waals surface area contributed by atoms with E-state index < -0.39 is 17.3 Å². The van der Waals surface area contributed by atoms with E-state index in [0.717, 1.165) is 22.7 Å². The van der Waals surface area contributed by atoms with E-state index in [2.05, 4.69) is 0 Å². The average molecular weight is 516 g/mol. The van der Waals surface area contributed by atoms with Crippen molar-refractivity contribution in [1.82, 2.24) is 14.7 Å². The smallest absolute Gasteiger partial charge is 0.417 e. The number of benzene rings is 2. The Bertz CT molecular complexity index is 1320. The number of carbonyl (C=O) groups is 1. The Hall–Kier alpha value is -3.33. The monoisotopic (exact) mass is 515 g/mol. The molecule has 0 bridgehead atoms. The molecular weight excluding hydrogens is 483 g/mol. The molecule has 1 N–H and O–H groups in total. The highest BCUT2D eigenvalue weighted by molar-refractivity contribution is 5.94. The first kappa shape index (κ1) is 26.7. The molecule has 1 aliphatic rings. The van der Waals surface area contributed by atoms with Gasteiger partial charge in [0.05, 0.1) is 22.8 Å². The highest BCUT2D eigenvalue weighted by Gasteiger charge is 2.33. The number of aliphatic hydroxyl groups is 1. The van der Waals surface area contributed by atoms with Crippen LogP contribution in [-0.2, 0) is 10.9 Å². The maximum atomic E-state index is 13.6. The van der Waals surface area contributed by atoms with Gasteiger partial charge in [-0.05, 0) is 75.4 Å². The second-order valence-corrected chi connectivity index (χ2v) is 10.3. The van der Waals surface area contributed by atoms with Gasteiger partial charge in [0.2, 0.25) is 0 Å². The van der Waals surface area contributed by atoms with E-state index in [0.29, 0.717) is 37.0 Å². The Morgan fingerprint density at radius 2 is 1.89 bits per heavy atom. The van der Waals surface area contributed by atoms with Gasteiger partial charge in [-0.3, -0.25) is 4.68 Å². The zero-order valence-corrected chi connectivity index (χ0v) is 21.5. The standard InChI is InChI=1S/C28H32F3N3O3/c1-18(13-16-35)34-25(19-11-14-33(15-12-19)26(36)37-27(2,3)4)22-10-9-20(17-24(22)32-34)21-7-5-6-8-23(21)28(29,30)31/h5-11,17-18,35H,12-16H2,1-4H3. The van der Waals surface area contributed by atoms with Crippen LogP contribution < -0.4 is 0 Å². The highest BCUT2D eigenvalue weighted by atomic mass is 19.4. The summed E-state index contributed by atoms with van der Waals surface area (Å²) in [7, 11) is 0. The molecule has 0 spiro atoms. The third-order valence-corrected chi connectivity index (χ3v) is 6.37. The van der Waals surface area contributed by atoms with E-state index in [4.69, 9.17) is 9.84 Å². The summed E-state index contributed by atoms with van der Waals surface area (Å²) in [5.41, 5.74) is 1.68. The van der Waals surface area contributed by atoms with Crippen LogP contribution in [0.1, 0.15) is 57.8 Å². The fraction of sp³-hybridized carbons (Fsp3) is 0.429. The van der Waals surface area contributed by atoms with E-state index in [1.165, 1.54) is 12.1 Å². The molecule has 0 radical (unpaired) electrons. The minimum absolute atomic E-state index is 0.0213. The van der Waals surface area contributed by atoms with Crippen LogP contribution in [0.4, 0.5) is 18.0 Å². The SMILES string of the molecule is CC(CCO)n1nc2cc(-c3ccccc3C(F)(F)F)ccc2c1C1=CCN(C(=O)OC(C)(C)C)CC1. The Balaban J connectivity index is 1.75. The Morgan fingerprint density at radius 3 is 2.51 bits per heavy atom. The van der Waals surface area contributed by atoms with Crippen molar-refractivity contribution in [3.05, 3.63) is 59.8 Å². The van der Waals surface area contributed by atoms with Gasteiger partial charge in [0.1, 0.15) is 5.60 Å². The minimum atomic E-state index is -4.47. The maximum absolute atomic E-state index is 13.6. The van der Waals surface area contributed by atoms with Crippen LogP contribution in [0.25, 0.3) is 27.6 Å². The molecule has 2 heterocycles. The number of carbonyl (C=O) groups excluding carboxylic acids is 1. The number of aliphatic hydroxyl groups excluding tert-OH is 1. The first-order valence-corrected chi connectivity index (χ1v) is 12.4. The lowest BCUT2D eigenvalue weighted by Crippen LogP contribution is -2.39. The molecule has 198 valence electrons. The summed E-state index contributed by atoms with van der Waals surface area (Å²) in [6.07, 6.45) is -1.83. The summed E-state index contributed by atoms with van der Waals surface area (Å²) in [6.45, 7) is 8.25. The quantitative estimate of drug-likeness (QED) is 0.411. The number of hydrogen-bond acceptors (Lipinski definition) is 4. The van der Waals surface area contributed by atoms with Crippen molar-refractivity contribution in [3.63, 3.8) is 0 Å². The van der Waals surface area contributed by atoms with Gasteiger partial charge < -0.3 is 14.7 Å². The van der Waals surface area contributed by atoms with E-state index in [1.807, 2.05) is 44.5 Å². The molecule has 0 saturated carbocycles. The van der Waals surface area contributed by atoms with Crippen molar-refractivity contribution in [2.45, 2.75) is 58.4 Å². The van der Waals surface area contributed by atoms with Gasteiger partial charge in [-0.2, -0.15) is 18.3 Å². The first-order valence-electron chi connectivity index (χ1n) is 12.4. The molecule has 37 heavy (non-hydrogen) atoms. The predicted molar refractivity (Wildman–Crippen MR) is 137 cm³/mol. The molecule has 2 aromatic carbocycles. The number of rotatable bonds is 5. The lowest BCUT2D eigenvalue weighted by molar-refractivity contribution is -0.137. The van der Waals surface area contributed by atoms with Crippen molar-refractivity contribution in [1.29, 1.82) is 0 Å². The lowest BCUT2D eigenvalue weighted by atomic mass is 9.96. The zero-order valence-electron chi connectivity index (χ0n) is 21.5. The average Bonchev–Trinajstić information content (AvgIpc) is 3.21. The molecule has 0 saturated heterocycles. The number of fused-ring (bicyclic) bond motifs is 1. The number of alkyl halides is 3. The van der Waals surface area contributed by atoms with Gasteiger partial charge in [0.25, 0.3) is 0 Å². The number of nitrogens with zero attached hydrogens (tertiary/aromatic N) is 3. The zero-order chi connectivity index (χ0) is 27.0. The fourth-order valence-corrected chi connectivity index (χ4v) is 4.58. The van der Waals surface area contributed by atoms with Crippen LogP contribution in [0.5, 0.6) is 0 Å². The largest absolute Gasteiger partial charge is 0.444 e. The van der Waals surface area contributed by atoms with Crippen molar-refractivity contribution < 1.29 is 27.8 Å². The summed E-state index contributed by atoms with van der Waals surface area (Å²) in [5.74, 6) is 0. The van der Waals surface area contributed by atoms with Crippen LogP contribution in [0.2, 0.25) is 0 Å². The van der Waals surface area contributed by atoms with E-state index >= 15 is 0 Å². The first-order chi connectivity index (χ1) is 17.4. The van der Waals surface area contributed by atoms with E-state index in [-0.39, 0.29) is 24.3 Å². The number of hydrogen-bond donors (Lipinski definition) is 1. The van der Waals surface area contributed by atoms with Gasteiger partial charge in [-0.1, -0.05) is 30.3 Å². The summed E-state index contributed by atoms with van der Waals surface area (Å²) in [5, 5.41) is 15.1. The highest BCUT2D eigenvalue weighted by Crippen LogP contribution is 2.39. The van der Waals surface area contributed by atoms with Gasteiger partial charge in [-0.15, -0.1) is 0 Å². The lowest BCUT2D eigenvalue weighted by Gasteiger charge is -2.30. The molecule has 1 atom stereocenters. The summed E-state index contributed by atoms with van der Waals surface area (Å²) in [6, 6.07) is 10.6. The minimum Gasteiger partial charge on any atom is -0.444 e. The molecule has 0 aliphatic carbocycles. The second kappa shape index (κ2) is 10.2. The molecule has 1 unspecified atom stereocenters. The van der Waals surface area contributed by atoms with Gasteiger partial charge in [0.15, 0.2) is 0 Å². The van der Waals surface area contributed by atoms with Crippen LogP contribution in [0.3, 0.4) is 0 Å². The van der Waals surface area contributed by atoms with Crippen molar-refractivity contribution in [3.8, 4) is 11.1 Å². The number of halogens is 3. The van der Waals surface area contributed by atoms with E-state index in [1.54, 1.807) is 23.1 Å². The molecule has 9 heteroatoms. The third kappa shape index (κ3) is 5.82. The van der Waals surface area contributed by atoms with E-state index in [9.17, 15) is 23.1 Å². The number of ether oxygens (including phenoxy) is 1. The Kier molecular flexibility index (Phi) is 7.37. The number of amides is 1. The van der Waals surface area contributed by atoms with Crippen molar-refractivity contribution in [2.75, 3.05) is 19.7 Å². The van der Waals surface area contributed by atoms with Crippen LogP contribution in [0.15, 0.2) is 48.5 Å². The normalized spacial score (nSPS) is 15.6. The molecular formula is C28H32F3N3O3. The molecule has 1 aliphatic heterocycles. The molecule has 1 amide bonds. The van der Waals surface area contributed by atoms with Crippen LogP contribution in [0, 0.1) is 0 Å². The van der Waals surface area contributed by atoms with Crippen molar-refractivity contribution >= 4 is 22.6 Å². The van der Waals surface area contributed by atoms with Crippen molar-refractivity contribution in [2.24, 2.45) is 0 Å². The molecule has 3 aromatic rings. The Morgan fingerprint density at radius 1 is 1.16 bits per heavy atom. The number of aromatic nitrogens is 2. The molecule has 4 rings (SSSR count). The molecule has 6 nitrogen and oxygen atoms in total. The molecule has 0 fully saturated rings. The second-order valence-electron chi connectivity index (χ2n) is 10.3. The Labute approximate surface area is 214 Å². The fourth-order valence-electron chi connectivity index (χ4n) is 4.58.